The van der Waals surface area contributed by atoms with Gasteiger partial charge in [-0.2, -0.15) is 0 Å². The highest BCUT2D eigenvalue weighted by Gasteiger charge is 2.24. The maximum absolute atomic E-state index is 12.1. The molecule has 1 rings (SSSR count). The first-order valence-corrected chi connectivity index (χ1v) is 7.36. The van der Waals surface area contributed by atoms with E-state index in [9.17, 15) is 9.59 Å². The summed E-state index contributed by atoms with van der Waals surface area (Å²) in [5.41, 5.74) is 0. The minimum atomic E-state index is -0.844. The predicted molar refractivity (Wildman–Crippen MR) is 77.6 cm³/mol. The van der Waals surface area contributed by atoms with Gasteiger partial charge in [-0.15, -0.1) is 0 Å². The topological polar surface area (TPSA) is 81.7 Å². The van der Waals surface area contributed by atoms with Gasteiger partial charge in [0.2, 0.25) is 0 Å². The van der Waals surface area contributed by atoms with Crippen LogP contribution in [0.4, 0.5) is 4.79 Å². The molecule has 116 valence electrons. The van der Waals surface area contributed by atoms with E-state index in [1.165, 1.54) is 0 Å². The van der Waals surface area contributed by atoms with Gasteiger partial charge >= 0.3 is 12.0 Å². The Bertz CT molecular complexity index is 328. The zero-order valence-electron chi connectivity index (χ0n) is 12.7. The molecule has 20 heavy (non-hydrogen) atoms. The fourth-order valence-corrected chi connectivity index (χ4v) is 2.54. The first-order chi connectivity index (χ1) is 9.41. The molecule has 1 heterocycles. The molecule has 0 radical (unpaired) electrons. The number of hydrogen-bond acceptors (Lipinski definition) is 3. The van der Waals surface area contributed by atoms with Crippen LogP contribution in [0, 0.1) is 11.8 Å². The van der Waals surface area contributed by atoms with Crippen LogP contribution in [0.1, 0.15) is 33.1 Å². The van der Waals surface area contributed by atoms with Crippen LogP contribution in [-0.4, -0.2) is 54.7 Å². The van der Waals surface area contributed by atoms with E-state index in [1.807, 2.05) is 13.8 Å². The fourth-order valence-electron chi connectivity index (χ4n) is 2.54. The minimum absolute atomic E-state index is 0.174. The average molecular weight is 285 g/mol. The third-order valence-electron chi connectivity index (χ3n) is 3.78. The van der Waals surface area contributed by atoms with Crippen LogP contribution in [0.15, 0.2) is 0 Å². The van der Waals surface area contributed by atoms with Gasteiger partial charge in [0, 0.05) is 19.6 Å². The van der Waals surface area contributed by atoms with Crippen LogP contribution in [0.3, 0.4) is 0 Å². The molecule has 1 unspecified atom stereocenters. The van der Waals surface area contributed by atoms with E-state index >= 15 is 0 Å². The highest BCUT2D eigenvalue weighted by Crippen LogP contribution is 2.12. The second-order valence-electron chi connectivity index (χ2n) is 5.94. The van der Waals surface area contributed by atoms with Crippen LogP contribution < -0.4 is 10.6 Å². The summed E-state index contributed by atoms with van der Waals surface area (Å²) < 4.78 is 0. The largest absolute Gasteiger partial charge is 0.481 e. The van der Waals surface area contributed by atoms with E-state index in [0.717, 1.165) is 25.9 Å². The van der Waals surface area contributed by atoms with E-state index in [0.29, 0.717) is 12.3 Å². The number of rotatable bonds is 6. The third-order valence-corrected chi connectivity index (χ3v) is 3.78. The lowest BCUT2D eigenvalue weighted by Crippen LogP contribution is -2.49. The first-order valence-electron chi connectivity index (χ1n) is 7.36. The van der Waals surface area contributed by atoms with Crippen molar-refractivity contribution in [1.29, 1.82) is 0 Å². The van der Waals surface area contributed by atoms with Gasteiger partial charge < -0.3 is 20.6 Å². The Labute approximate surface area is 120 Å². The molecular formula is C14H27N3O3. The van der Waals surface area contributed by atoms with Crippen molar-refractivity contribution >= 4 is 12.0 Å². The van der Waals surface area contributed by atoms with Gasteiger partial charge in [0.05, 0.1) is 5.92 Å². The highest BCUT2D eigenvalue weighted by atomic mass is 16.4. The number of piperidine rings is 1. The molecule has 1 saturated heterocycles. The van der Waals surface area contributed by atoms with Crippen LogP contribution >= 0.6 is 0 Å². The SMILES string of the molecule is CC(C)CC(CNC(=O)N(C)C1CCNCC1)C(=O)O. The lowest BCUT2D eigenvalue weighted by atomic mass is 9.97. The van der Waals surface area contributed by atoms with Crippen molar-refractivity contribution in [1.82, 2.24) is 15.5 Å². The number of hydrogen-bond donors (Lipinski definition) is 3. The molecule has 0 saturated carbocycles. The van der Waals surface area contributed by atoms with Gasteiger partial charge in [-0.05, 0) is 38.3 Å². The van der Waals surface area contributed by atoms with Crippen LogP contribution in [0.25, 0.3) is 0 Å². The van der Waals surface area contributed by atoms with Gasteiger partial charge in [0.25, 0.3) is 0 Å². The Morgan fingerprint density at radius 1 is 1.35 bits per heavy atom. The Balaban J connectivity index is 2.41. The molecule has 0 aromatic heterocycles. The summed E-state index contributed by atoms with van der Waals surface area (Å²) in [6, 6.07) is 0.0662. The Kier molecular flexibility index (Phi) is 6.78. The van der Waals surface area contributed by atoms with Gasteiger partial charge in [0.15, 0.2) is 0 Å². The molecule has 0 aliphatic carbocycles. The summed E-state index contributed by atoms with van der Waals surface area (Å²) in [7, 11) is 1.78. The van der Waals surface area contributed by atoms with Gasteiger partial charge in [-0.1, -0.05) is 13.8 Å². The normalized spacial score (nSPS) is 17.8. The number of urea groups is 1. The van der Waals surface area contributed by atoms with Crippen molar-refractivity contribution in [3.8, 4) is 0 Å². The fraction of sp³-hybridized carbons (Fsp3) is 0.857. The number of nitrogens with one attached hydrogen (secondary N) is 2. The molecule has 1 aliphatic rings. The van der Waals surface area contributed by atoms with E-state index in [4.69, 9.17) is 5.11 Å². The highest BCUT2D eigenvalue weighted by molar-refractivity contribution is 5.76. The maximum atomic E-state index is 12.1. The number of carbonyl (C=O) groups is 2. The second-order valence-corrected chi connectivity index (χ2v) is 5.94. The van der Waals surface area contributed by atoms with Crippen LogP contribution in [0.5, 0.6) is 0 Å². The number of aliphatic carboxylic acids is 1. The molecule has 1 atom stereocenters. The third kappa shape index (κ3) is 5.36. The van der Waals surface area contributed by atoms with Gasteiger partial charge in [-0.3, -0.25) is 4.79 Å². The van der Waals surface area contributed by atoms with E-state index in [1.54, 1.807) is 11.9 Å². The monoisotopic (exact) mass is 285 g/mol. The Morgan fingerprint density at radius 2 is 1.95 bits per heavy atom. The van der Waals surface area contributed by atoms with Gasteiger partial charge in [-0.25, -0.2) is 4.79 Å². The summed E-state index contributed by atoms with van der Waals surface area (Å²) in [5.74, 6) is -1.06. The summed E-state index contributed by atoms with van der Waals surface area (Å²) in [5, 5.41) is 15.2. The van der Waals surface area contributed by atoms with Crippen molar-refractivity contribution in [3.63, 3.8) is 0 Å². The second kappa shape index (κ2) is 8.09. The number of carbonyl (C=O) groups excluding carboxylic acids is 1. The van der Waals surface area contributed by atoms with Crippen molar-refractivity contribution in [2.24, 2.45) is 11.8 Å². The minimum Gasteiger partial charge on any atom is -0.481 e. The molecule has 1 aliphatic heterocycles. The van der Waals surface area contributed by atoms with Gasteiger partial charge in [0.1, 0.15) is 0 Å². The van der Waals surface area contributed by atoms with E-state index in [-0.39, 0.29) is 18.6 Å². The standard InChI is InChI=1S/C14H27N3O3/c1-10(2)8-11(13(18)19)9-16-14(20)17(3)12-4-6-15-7-5-12/h10-12,15H,4-9H2,1-3H3,(H,16,20)(H,18,19). The molecule has 2 amide bonds. The maximum Gasteiger partial charge on any atom is 0.317 e. The smallest absolute Gasteiger partial charge is 0.317 e. The Hall–Kier alpha value is -1.30. The lowest BCUT2D eigenvalue weighted by Gasteiger charge is -2.32. The lowest BCUT2D eigenvalue weighted by molar-refractivity contribution is -0.142. The first kappa shape index (κ1) is 16.8. The Morgan fingerprint density at radius 3 is 2.45 bits per heavy atom. The zero-order chi connectivity index (χ0) is 15.1. The summed E-state index contributed by atoms with van der Waals surface area (Å²) in [6.45, 7) is 6.01. The van der Waals surface area contributed by atoms with Crippen molar-refractivity contribution in [2.75, 3.05) is 26.7 Å². The molecular weight excluding hydrogens is 258 g/mol. The summed E-state index contributed by atoms with van der Waals surface area (Å²) >= 11 is 0. The molecule has 6 nitrogen and oxygen atoms in total. The average Bonchev–Trinajstić information content (AvgIpc) is 2.42. The molecule has 0 aromatic carbocycles. The van der Waals surface area contributed by atoms with Crippen molar-refractivity contribution in [2.45, 2.75) is 39.2 Å². The van der Waals surface area contributed by atoms with E-state index < -0.39 is 11.9 Å². The molecule has 0 aromatic rings. The van der Waals surface area contributed by atoms with Crippen molar-refractivity contribution in [3.05, 3.63) is 0 Å². The quantitative estimate of drug-likeness (QED) is 0.683. The van der Waals surface area contributed by atoms with E-state index in [2.05, 4.69) is 10.6 Å². The molecule has 0 bridgehead atoms. The molecule has 6 heteroatoms. The number of carboxylic acid groups (broad SMARTS) is 1. The molecule has 1 fully saturated rings. The predicted octanol–water partition coefficient (Wildman–Crippen LogP) is 1.13. The van der Waals surface area contributed by atoms with Crippen LogP contribution in [-0.2, 0) is 4.79 Å². The summed E-state index contributed by atoms with van der Waals surface area (Å²) in [6.07, 6.45) is 2.46. The summed E-state index contributed by atoms with van der Waals surface area (Å²) in [4.78, 5) is 24.9. The zero-order valence-corrected chi connectivity index (χ0v) is 12.7. The van der Waals surface area contributed by atoms with Crippen LogP contribution in [0.2, 0.25) is 0 Å². The van der Waals surface area contributed by atoms with Crippen molar-refractivity contribution < 1.29 is 14.7 Å². The number of carboxylic acids is 1. The molecule has 0 spiro atoms. The number of nitrogens with zero attached hydrogens (tertiary/aromatic N) is 1. The molecule has 3 N–H and O–H groups in total. The number of amides is 2.